The summed E-state index contributed by atoms with van der Waals surface area (Å²) in [6, 6.07) is 16.0. The number of benzene rings is 2. The number of carbonyl (C=O) groups excluding carboxylic acids is 1. The molecule has 1 aliphatic heterocycles. The van der Waals surface area contributed by atoms with Crippen LogP contribution in [0, 0.1) is 0 Å². The molecule has 7 rings (SSSR count). The van der Waals surface area contributed by atoms with Gasteiger partial charge in [0.2, 0.25) is 0 Å². The molecule has 3 aliphatic rings. The number of carbonyl (C=O) groups is 1. The zero-order valence-electron chi connectivity index (χ0n) is 22.4. The van der Waals surface area contributed by atoms with Gasteiger partial charge < -0.3 is 15.0 Å². The van der Waals surface area contributed by atoms with Crippen molar-refractivity contribution in [2.75, 3.05) is 11.4 Å². The van der Waals surface area contributed by atoms with Gasteiger partial charge in [0.25, 0.3) is 5.91 Å². The Bertz CT molecular complexity index is 1620. The van der Waals surface area contributed by atoms with E-state index in [9.17, 15) is 9.90 Å². The van der Waals surface area contributed by atoms with Crippen LogP contribution >= 0.6 is 11.6 Å². The molecule has 0 radical (unpaired) electrons. The van der Waals surface area contributed by atoms with Crippen molar-refractivity contribution in [3.63, 3.8) is 0 Å². The van der Waals surface area contributed by atoms with Gasteiger partial charge in [-0.25, -0.2) is 4.98 Å². The van der Waals surface area contributed by atoms with E-state index in [-0.39, 0.29) is 5.91 Å². The van der Waals surface area contributed by atoms with Crippen molar-refractivity contribution in [1.29, 1.82) is 0 Å². The van der Waals surface area contributed by atoms with Crippen LogP contribution in [0.1, 0.15) is 65.2 Å². The number of aliphatic hydroxyl groups is 1. The summed E-state index contributed by atoms with van der Waals surface area (Å²) in [5.41, 5.74) is 6.01. The van der Waals surface area contributed by atoms with E-state index >= 15 is 0 Å². The minimum absolute atomic E-state index is 0.0366. The Labute approximate surface area is 238 Å². The minimum atomic E-state index is -0.573. The molecule has 9 heteroatoms. The fourth-order valence-corrected chi connectivity index (χ4v) is 5.92. The highest BCUT2D eigenvalue weighted by molar-refractivity contribution is 6.31. The summed E-state index contributed by atoms with van der Waals surface area (Å²) in [6.07, 6.45) is 6.66. The predicted molar refractivity (Wildman–Crippen MR) is 154 cm³/mol. The quantitative estimate of drug-likeness (QED) is 0.309. The number of aromatic nitrogens is 4. The normalized spacial score (nSPS) is 17.7. The van der Waals surface area contributed by atoms with Crippen molar-refractivity contribution in [3.05, 3.63) is 82.3 Å². The van der Waals surface area contributed by atoms with Gasteiger partial charge in [0.15, 0.2) is 5.82 Å². The number of fused-ring (bicyclic) bond motifs is 1. The van der Waals surface area contributed by atoms with E-state index in [0.717, 1.165) is 71.4 Å². The maximum Gasteiger partial charge on any atom is 0.260 e. The first-order valence-corrected chi connectivity index (χ1v) is 14.3. The fourth-order valence-electron chi connectivity index (χ4n) is 5.74. The number of hydrogen-bond acceptors (Lipinski definition) is 6. The fraction of sp³-hybridized carbons (Fsp3) is 0.355. The molecular formula is C31H31ClN6O2. The second-order valence-corrected chi connectivity index (χ2v) is 11.9. The van der Waals surface area contributed by atoms with E-state index in [1.807, 2.05) is 48.0 Å². The first-order chi connectivity index (χ1) is 19.4. The number of hydrogen-bond donors (Lipinski definition) is 2. The smallest absolute Gasteiger partial charge is 0.260 e. The van der Waals surface area contributed by atoms with Gasteiger partial charge in [0, 0.05) is 47.9 Å². The lowest BCUT2D eigenvalue weighted by Crippen LogP contribution is -2.45. The summed E-state index contributed by atoms with van der Waals surface area (Å²) in [7, 11) is 1.91. The van der Waals surface area contributed by atoms with Crippen molar-refractivity contribution >= 4 is 23.3 Å². The molecule has 2 aliphatic carbocycles. The van der Waals surface area contributed by atoms with E-state index in [1.165, 1.54) is 0 Å². The highest BCUT2D eigenvalue weighted by Gasteiger charge is 2.34. The van der Waals surface area contributed by atoms with E-state index in [2.05, 4.69) is 27.6 Å². The van der Waals surface area contributed by atoms with Gasteiger partial charge in [0.1, 0.15) is 12.1 Å². The van der Waals surface area contributed by atoms with Gasteiger partial charge >= 0.3 is 0 Å². The molecule has 0 unspecified atom stereocenters. The Balaban J connectivity index is 1.20. The Morgan fingerprint density at radius 3 is 2.65 bits per heavy atom. The number of rotatable bonds is 8. The van der Waals surface area contributed by atoms with Crippen LogP contribution < -0.4 is 10.2 Å². The van der Waals surface area contributed by atoms with E-state index in [4.69, 9.17) is 16.6 Å². The molecule has 2 N–H and O–H groups in total. The van der Waals surface area contributed by atoms with Gasteiger partial charge in [-0.1, -0.05) is 29.8 Å². The number of amides is 1. The molecule has 4 aromatic rings. The van der Waals surface area contributed by atoms with Crippen molar-refractivity contribution in [2.45, 2.75) is 56.7 Å². The third-order valence-corrected chi connectivity index (χ3v) is 8.63. The zero-order valence-corrected chi connectivity index (χ0v) is 23.2. The van der Waals surface area contributed by atoms with Crippen molar-refractivity contribution < 1.29 is 9.90 Å². The standard InChI is InChI=1S/C31H31ClN6O2/c1-37-18-34-36-29(37)26-14-23(32)7-8-24(26)22-12-27(20-5-6-20)35-28(13-22)38-16-21-4-3-19(11-25(21)30(38)39)15-33-17-31(40)9-2-10-31/h3-4,7-8,11-14,18,20,33,40H,2,5-6,9-10,15-17H2,1H3. The summed E-state index contributed by atoms with van der Waals surface area (Å²) in [4.78, 5) is 20.5. The van der Waals surface area contributed by atoms with E-state index < -0.39 is 5.60 Å². The minimum Gasteiger partial charge on any atom is -0.389 e. The second-order valence-electron chi connectivity index (χ2n) is 11.4. The summed E-state index contributed by atoms with van der Waals surface area (Å²) >= 11 is 6.41. The third-order valence-electron chi connectivity index (χ3n) is 8.39. The van der Waals surface area contributed by atoms with Crippen LogP contribution in [-0.4, -0.2) is 42.9 Å². The number of aryl methyl sites for hydroxylation is 1. The van der Waals surface area contributed by atoms with E-state index in [1.54, 1.807) is 11.2 Å². The molecule has 2 aromatic heterocycles. The van der Waals surface area contributed by atoms with Crippen LogP contribution in [0.4, 0.5) is 5.82 Å². The molecule has 0 saturated heterocycles. The first kappa shape index (κ1) is 25.4. The van der Waals surface area contributed by atoms with Gasteiger partial charge in [-0.05, 0) is 84.7 Å². The molecule has 1 amide bonds. The van der Waals surface area contributed by atoms with Gasteiger partial charge in [-0.3, -0.25) is 9.69 Å². The van der Waals surface area contributed by atoms with E-state index in [0.29, 0.717) is 42.0 Å². The van der Waals surface area contributed by atoms with Crippen LogP contribution in [0.2, 0.25) is 5.02 Å². The molecule has 40 heavy (non-hydrogen) atoms. The maximum atomic E-state index is 13.7. The summed E-state index contributed by atoms with van der Waals surface area (Å²) in [5.74, 6) is 1.75. The van der Waals surface area contributed by atoms with Gasteiger partial charge in [0.05, 0.1) is 12.1 Å². The van der Waals surface area contributed by atoms with Crippen molar-refractivity contribution in [1.82, 2.24) is 25.1 Å². The zero-order chi connectivity index (χ0) is 27.4. The predicted octanol–water partition coefficient (Wildman–Crippen LogP) is 5.24. The molecule has 0 atom stereocenters. The summed E-state index contributed by atoms with van der Waals surface area (Å²) in [6.45, 7) is 1.68. The number of pyridine rings is 1. The highest BCUT2D eigenvalue weighted by atomic mass is 35.5. The highest BCUT2D eigenvalue weighted by Crippen LogP contribution is 2.43. The van der Waals surface area contributed by atoms with Crippen LogP contribution in [0.3, 0.4) is 0 Å². The van der Waals surface area contributed by atoms with Crippen molar-refractivity contribution in [3.8, 4) is 22.5 Å². The van der Waals surface area contributed by atoms with Gasteiger partial charge in [-0.2, -0.15) is 0 Å². The molecule has 8 nitrogen and oxygen atoms in total. The molecule has 2 saturated carbocycles. The molecule has 0 bridgehead atoms. The summed E-state index contributed by atoms with van der Waals surface area (Å²) < 4.78 is 1.87. The topological polar surface area (TPSA) is 96.2 Å². The van der Waals surface area contributed by atoms with Crippen LogP contribution in [0.15, 0.2) is 54.9 Å². The largest absolute Gasteiger partial charge is 0.389 e. The average Bonchev–Trinajstić information content (AvgIpc) is 3.62. The lowest BCUT2D eigenvalue weighted by Gasteiger charge is -2.36. The van der Waals surface area contributed by atoms with Crippen LogP contribution in [0.5, 0.6) is 0 Å². The summed E-state index contributed by atoms with van der Waals surface area (Å²) in [5, 5.41) is 22.7. The molecule has 204 valence electrons. The lowest BCUT2D eigenvalue weighted by molar-refractivity contribution is -0.0314. The molecule has 0 spiro atoms. The molecule has 3 heterocycles. The van der Waals surface area contributed by atoms with Crippen molar-refractivity contribution in [2.24, 2.45) is 7.05 Å². The monoisotopic (exact) mass is 554 g/mol. The molecule has 2 fully saturated rings. The lowest BCUT2D eigenvalue weighted by atomic mass is 9.80. The Hall–Kier alpha value is -3.59. The second kappa shape index (κ2) is 9.80. The number of anilines is 1. The third kappa shape index (κ3) is 4.70. The van der Waals surface area contributed by atoms with Crippen LogP contribution in [0.25, 0.3) is 22.5 Å². The molecular weight excluding hydrogens is 524 g/mol. The SMILES string of the molecule is Cn1cnnc1-c1cc(Cl)ccc1-c1cc(C2CC2)nc(N2Cc3ccc(CNCC4(O)CCC4)cc3C2=O)c1. The number of halogens is 1. The number of nitrogens with one attached hydrogen (secondary N) is 1. The molecule has 2 aromatic carbocycles. The average molecular weight is 555 g/mol. The van der Waals surface area contributed by atoms with Gasteiger partial charge in [-0.15, -0.1) is 10.2 Å². The maximum absolute atomic E-state index is 13.7. The first-order valence-electron chi connectivity index (χ1n) is 13.9. The Morgan fingerprint density at radius 2 is 1.93 bits per heavy atom. The number of nitrogens with zero attached hydrogens (tertiary/aromatic N) is 5. The Morgan fingerprint density at radius 1 is 1.07 bits per heavy atom. The van der Waals surface area contributed by atoms with Crippen LogP contribution in [-0.2, 0) is 20.1 Å². The Kier molecular flexibility index (Phi) is 6.22.